The van der Waals surface area contributed by atoms with Crippen molar-refractivity contribution in [2.45, 2.75) is 0 Å². The second-order valence-corrected chi connectivity index (χ2v) is 6.96. The van der Waals surface area contributed by atoms with Crippen LogP contribution in [0.15, 0.2) is 68.8 Å². The summed E-state index contributed by atoms with van der Waals surface area (Å²) in [6, 6.07) is 13.3. The van der Waals surface area contributed by atoms with Crippen molar-refractivity contribution in [3.63, 3.8) is 0 Å². The van der Waals surface area contributed by atoms with Crippen molar-refractivity contribution in [1.82, 2.24) is 10.4 Å². The van der Waals surface area contributed by atoms with Gasteiger partial charge in [-0.3, -0.25) is 9.78 Å². The fourth-order valence-electron chi connectivity index (χ4n) is 1.95. The van der Waals surface area contributed by atoms with Crippen molar-refractivity contribution in [2.24, 2.45) is 5.10 Å². The molecule has 3 aromatic rings. The van der Waals surface area contributed by atoms with E-state index in [2.05, 4.69) is 54.0 Å². The molecule has 0 atom stereocenters. The Hall–Kier alpha value is -2.00. The van der Waals surface area contributed by atoms with Gasteiger partial charge < -0.3 is 4.42 Å². The molecular weight excluding hydrogens is 485 g/mol. The van der Waals surface area contributed by atoms with Gasteiger partial charge in [0.1, 0.15) is 11.5 Å². The highest BCUT2D eigenvalue weighted by atomic mass is 127. The zero-order valence-electron chi connectivity index (χ0n) is 12.2. The lowest BCUT2D eigenvalue weighted by Gasteiger charge is -1.99. The minimum Gasteiger partial charge on any atom is -0.455 e. The molecule has 2 aromatic heterocycles. The zero-order valence-corrected chi connectivity index (χ0v) is 16.0. The van der Waals surface area contributed by atoms with Gasteiger partial charge in [0.05, 0.1) is 11.8 Å². The standard InChI is InChI=1S/C17H11BrIN3O2/c18-13-7-12(8-20-9-13)17(23)22-21-10-15-5-6-16(24-15)11-1-3-14(19)4-2-11/h1-10H,(H,22,23)/b21-10-. The maximum Gasteiger partial charge on any atom is 0.272 e. The first kappa shape index (κ1) is 16.8. The van der Waals surface area contributed by atoms with E-state index in [4.69, 9.17) is 4.42 Å². The Balaban J connectivity index is 1.65. The molecule has 1 N–H and O–H groups in total. The van der Waals surface area contributed by atoms with E-state index < -0.39 is 0 Å². The van der Waals surface area contributed by atoms with Gasteiger partial charge in [-0.2, -0.15) is 5.10 Å². The van der Waals surface area contributed by atoms with Crippen LogP contribution in [0.3, 0.4) is 0 Å². The molecule has 0 saturated carbocycles. The minimum absolute atomic E-state index is 0.343. The Kier molecular flexibility index (Phi) is 5.41. The lowest BCUT2D eigenvalue weighted by atomic mass is 10.2. The monoisotopic (exact) mass is 495 g/mol. The first-order valence-corrected chi connectivity index (χ1v) is 8.79. The number of rotatable bonds is 4. The van der Waals surface area contributed by atoms with Crippen LogP contribution in [0, 0.1) is 3.57 Å². The molecule has 0 aliphatic heterocycles. The smallest absolute Gasteiger partial charge is 0.272 e. The van der Waals surface area contributed by atoms with E-state index in [-0.39, 0.29) is 5.91 Å². The largest absolute Gasteiger partial charge is 0.455 e. The molecule has 2 heterocycles. The summed E-state index contributed by atoms with van der Waals surface area (Å²) in [5.41, 5.74) is 3.84. The van der Waals surface area contributed by atoms with E-state index in [0.717, 1.165) is 19.4 Å². The molecule has 5 nitrogen and oxygen atoms in total. The van der Waals surface area contributed by atoms with Gasteiger partial charge in [0.2, 0.25) is 0 Å². The third-order valence-corrected chi connectivity index (χ3v) is 4.23. The van der Waals surface area contributed by atoms with Gasteiger partial charge in [0.25, 0.3) is 5.91 Å². The van der Waals surface area contributed by atoms with Gasteiger partial charge in [0.15, 0.2) is 0 Å². The van der Waals surface area contributed by atoms with Crippen LogP contribution in [-0.2, 0) is 0 Å². The summed E-state index contributed by atoms with van der Waals surface area (Å²) < 4.78 is 7.58. The quantitative estimate of drug-likeness (QED) is 0.330. The van der Waals surface area contributed by atoms with E-state index in [0.29, 0.717) is 11.3 Å². The van der Waals surface area contributed by atoms with E-state index >= 15 is 0 Å². The van der Waals surface area contributed by atoms with Crippen molar-refractivity contribution in [3.05, 3.63) is 74.2 Å². The number of hydrogen-bond acceptors (Lipinski definition) is 4. The topological polar surface area (TPSA) is 67.5 Å². The number of benzene rings is 1. The van der Waals surface area contributed by atoms with Crippen LogP contribution in [0.1, 0.15) is 16.1 Å². The van der Waals surface area contributed by atoms with Crippen molar-refractivity contribution in [2.75, 3.05) is 0 Å². The van der Waals surface area contributed by atoms with E-state index in [1.165, 1.54) is 12.4 Å². The van der Waals surface area contributed by atoms with Gasteiger partial charge in [-0.1, -0.05) is 12.1 Å². The Morgan fingerprint density at radius 3 is 2.75 bits per heavy atom. The molecule has 120 valence electrons. The molecule has 0 spiro atoms. The van der Waals surface area contributed by atoms with Gasteiger partial charge in [0, 0.05) is 26.0 Å². The van der Waals surface area contributed by atoms with Gasteiger partial charge in [-0.25, -0.2) is 5.43 Å². The van der Waals surface area contributed by atoms with Gasteiger partial charge in [-0.05, 0) is 68.9 Å². The van der Waals surface area contributed by atoms with Crippen LogP contribution >= 0.6 is 38.5 Å². The number of amides is 1. The van der Waals surface area contributed by atoms with Crippen LogP contribution in [0.4, 0.5) is 0 Å². The molecule has 3 rings (SSSR count). The zero-order chi connectivity index (χ0) is 16.9. The van der Waals surface area contributed by atoms with E-state index in [1.54, 1.807) is 18.3 Å². The van der Waals surface area contributed by atoms with Gasteiger partial charge in [-0.15, -0.1) is 0 Å². The first-order chi connectivity index (χ1) is 11.6. The summed E-state index contributed by atoms with van der Waals surface area (Å²) in [5.74, 6) is 0.955. The van der Waals surface area contributed by atoms with Gasteiger partial charge >= 0.3 is 0 Å². The summed E-state index contributed by atoms with van der Waals surface area (Å²) in [5, 5.41) is 3.91. The number of nitrogens with zero attached hydrogens (tertiary/aromatic N) is 2. The molecule has 1 aromatic carbocycles. The maximum absolute atomic E-state index is 11.9. The lowest BCUT2D eigenvalue weighted by molar-refractivity contribution is 0.0954. The fraction of sp³-hybridized carbons (Fsp3) is 0. The number of furan rings is 1. The van der Waals surface area contributed by atoms with Crippen LogP contribution in [0.25, 0.3) is 11.3 Å². The lowest BCUT2D eigenvalue weighted by Crippen LogP contribution is -2.17. The van der Waals surface area contributed by atoms with E-state index in [1.807, 2.05) is 30.3 Å². The third kappa shape index (κ3) is 4.30. The maximum atomic E-state index is 11.9. The highest BCUT2D eigenvalue weighted by Gasteiger charge is 2.06. The van der Waals surface area contributed by atoms with Crippen molar-refractivity contribution in [1.29, 1.82) is 0 Å². The summed E-state index contributed by atoms with van der Waals surface area (Å²) in [7, 11) is 0. The Morgan fingerprint density at radius 2 is 2.00 bits per heavy atom. The number of pyridine rings is 1. The number of halogens is 2. The third-order valence-electron chi connectivity index (χ3n) is 3.08. The molecule has 0 fully saturated rings. The summed E-state index contributed by atoms with van der Waals surface area (Å²) in [6.07, 6.45) is 4.53. The van der Waals surface area contributed by atoms with Crippen LogP contribution in [0.5, 0.6) is 0 Å². The van der Waals surface area contributed by atoms with Crippen molar-refractivity contribution < 1.29 is 9.21 Å². The Bertz CT molecular complexity index is 891. The molecule has 0 aliphatic carbocycles. The molecule has 0 unspecified atom stereocenters. The number of nitrogens with one attached hydrogen (secondary N) is 1. The predicted molar refractivity (Wildman–Crippen MR) is 104 cm³/mol. The average molecular weight is 496 g/mol. The number of aromatic nitrogens is 1. The normalized spacial score (nSPS) is 10.9. The van der Waals surface area contributed by atoms with Crippen molar-refractivity contribution >= 4 is 50.6 Å². The first-order valence-electron chi connectivity index (χ1n) is 6.91. The molecule has 0 bridgehead atoms. The molecular formula is C17H11BrIN3O2. The molecule has 0 radical (unpaired) electrons. The second kappa shape index (κ2) is 7.71. The summed E-state index contributed by atoms with van der Waals surface area (Å²) >= 11 is 5.52. The molecule has 7 heteroatoms. The highest BCUT2D eigenvalue weighted by Crippen LogP contribution is 2.22. The van der Waals surface area contributed by atoms with Crippen molar-refractivity contribution in [3.8, 4) is 11.3 Å². The predicted octanol–water partition coefficient (Wildman–Crippen LogP) is 4.47. The number of carbonyl (C=O) groups excluding carboxylic acids is 1. The molecule has 24 heavy (non-hydrogen) atoms. The SMILES string of the molecule is O=C(N/N=C\c1ccc(-c2ccc(I)cc2)o1)c1cncc(Br)c1. The number of hydrazone groups is 1. The van der Waals surface area contributed by atoms with Crippen LogP contribution in [-0.4, -0.2) is 17.1 Å². The summed E-state index contributed by atoms with van der Waals surface area (Å²) in [6.45, 7) is 0. The average Bonchev–Trinajstić information content (AvgIpc) is 3.04. The fourth-order valence-corrected chi connectivity index (χ4v) is 2.67. The van der Waals surface area contributed by atoms with Crippen LogP contribution < -0.4 is 5.43 Å². The minimum atomic E-state index is -0.343. The molecule has 1 amide bonds. The molecule has 0 saturated heterocycles. The Labute approximate surface area is 160 Å². The molecule has 0 aliphatic rings. The number of carbonyl (C=O) groups is 1. The van der Waals surface area contributed by atoms with Crippen LogP contribution in [0.2, 0.25) is 0 Å². The number of hydrogen-bond donors (Lipinski definition) is 1. The van der Waals surface area contributed by atoms with E-state index in [9.17, 15) is 4.79 Å². The highest BCUT2D eigenvalue weighted by molar-refractivity contribution is 14.1. The summed E-state index contributed by atoms with van der Waals surface area (Å²) in [4.78, 5) is 15.9. The Morgan fingerprint density at radius 1 is 1.21 bits per heavy atom. The second-order valence-electron chi connectivity index (χ2n) is 4.80.